The number of amides is 1. The summed E-state index contributed by atoms with van der Waals surface area (Å²) in [7, 11) is 2.75. The molecule has 2 aromatic rings. The SMILES string of the molecule is COC(=O)c1ccc(NC(=O)Cc2cccc(OC)c2)c(F)c1. The minimum atomic E-state index is -0.702. The van der Waals surface area contributed by atoms with E-state index in [-0.39, 0.29) is 23.6 Å². The zero-order valence-electron chi connectivity index (χ0n) is 12.8. The van der Waals surface area contributed by atoms with Gasteiger partial charge in [-0.1, -0.05) is 12.1 Å². The molecule has 0 fully saturated rings. The van der Waals surface area contributed by atoms with Crippen molar-refractivity contribution in [3.05, 3.63) is 59.4 Å². The van der Waals surface area contributed by atoms with Gasteiger partial charge in [-0.25, -0.2) is 9.18 Å². The molecule has 0 aliphatic heterocycles. The van der Waals surface area contributed by atoms with Crippen molar-refractivity contribution in [3.8, 4) is 5.75 Å². The fourth-order valence-electron chi connectivity index (χ4n) is 2.02. The lowest BCUT2D eigenvalue weighted by molar-refractivity contribution is -0.115. The second kappa shape index (κ2) is 7.40. The third-order valence-electron chi connectivity index (χ3n) is 3.16. The van der Waals surface area contributed by atoms with E-state index in [9.17, 15) is 14.0 Å². The molecule has 0 bridgehead atoms. The van der Waals surface area contributed by atoms with Gasteiger partial charge in [0.2, 0.25) is 5.91 Å². The number of rotatable bonds is 5. The zero-order valence-corrected chi connectivity index (χ0v) is 12.8. The smallest absolute Gasteiger partial charge is 0.337 e. The lowest BCUT2D eigenvalue weighted by Gasteiger charge is -2.08. The van der Waals surface area contributed by atoms with Gasteiger partial charge in [-0.15, -0.1) is 0 Å². The summed E-state index contributed by atoms with van der Waals surface area (Å²) >= 11 is 0. The lowest BCUT2D eigenvalue weighted by atomic mass is 10.1. The maximum absolute atomic E-state index is 13.9. The van der Waals surface area contributed by atoms with Crippen LogP contribution in [0.4, 0.5) is 10.1 Å². The normalized spacial score (nSPS) is 10.0. The van der Waals surface area contributed by atoms with Crippen molar-refractivity contribution >= 4 is 17.6 Å². The van der Waals surface area contributed by atoms with Crippen molar-refractivity contribution in [1.29, 1.82) is 0 Å². The van der Waals surface area contributed by atoms with Crippen LogP contribution in [0.1, 0.15) is 15.9 Å². The number of anilines is 1. The van der Waals surface area contributed by atoms with Crippen LogP contribution < -0.4 is 10.1 Å². The molecule has 6 heteroatoms. The fraction of sp³-hybridized carbons (Fsp3) is 0.176. The van der Waals surface area contributed by atoms with Crippen molar-refractivity contribution in [2.75, 3.05) is 19.5 Å². The molecule has 120 valence electrons. The number of hydrogen-bond acceptors (Lipinski definition) is 4. The molecule has 1 amide bonds. The number of hydrogen-bond donors (Lipinski definition) is 1. The van der Waals surface area contributed by atoms with Gasteiger partial charge in [-0.2, -0.15) is 0 Å². The molecule has 0 spiro atoms. The molecule has 0 unspecified atom stereocenters. The van der Waals surface area contributed by atoms with E-state index in [2.05, 4.69) is 10.1 Å². The zero-order chi connectivity index (χ0) is 16.8. The second-order valence-corrected chi connectivity index (χ2v) is 4.76. The largest absolute Gasteiger partial charge is 0.497 e. The van der Waals surface area contributed by atoms with Gasteiger partial charge in [0, 0.05) is 0 Å². The molecule has 0 atom stereocenters. The van der Waals surface area contributed by atoms with Crippen LogP contribution in [0.5, 0.6) is 5.75 Å². The van der Waals surface area contributed by atoms with Crippen molar-refractivity contribution in [2.45, 2.75) is 6.42 Å². The number of benzene rings is 2. The minimum Gasteiger partial charge on any atom is -0.497 e. The average Bonchev–Trinajstić information content (AvgIpc) is 2.56. The number of carbonyl (C=O) groups excluding carboxylic acids is 2. The van der Waals surface area contributed by atoms with Gasteiger partial charge in [-0.05, 0) is 35.9 Å². The van der Waals surface area contributed by atoms with Crippen molar-refractivity contribution in [1.82, 2.24) is 0 Å². The van der Waals surface area contributed by atoms with Gasteiger partial charge in [0.05, 0.1) is 31.9 Å². The summed E-state index contributed by atoms with van der Waals surface area (Å²) in [6, 6.07) is 10.8. The Morgan fingerprint density at radius 1 is 1.13 bits per heavy atom. The number of ether oxygens (including phenoxy) is 2. The first-order valence-corrected chi connectivity index (χ1v) is 6.84. The summed E-state index contributed by atoms with van der Waals surface area (Å²) in [6.45, 7) is 0. The first kappa shape index (κ1) is 16.5. The lowest BCUT2D eigenvalue weighted by Crippen LogP contribution is -2.15. The summed E-state index contributed by atoms with van der Waals surface area (Å²) in [6.07, 6.45) is 0.0788. The van der Waals surface area contributed by atoms with Crippen LogP contribution in [-0.4, -0.2) is 26.1 Å². The van der Waals surface area contributed by atoms with E-state index in [1.54, 1.807) is 24.3 Å². The summed E-state index contributed by atoms with van der Waals surface area (Å²) in [5, 5.41) is 2.47. The number of carbonyl (C=O) groups is 2. The molecule has 0 radical (unpaired) electrons. The van der Waals surface area contributed by atoms with E-state index >= 15 is 0 Å². The van der Waals surface area contributed by atoms with Gasteiger partial charge >= 0.3 is 5.97 Å². The number of nitrogens with one attached hydrogen (secondary N) is 1. The van der Waals surface area contributed by atoms with E-state index in [1.165, 1.54) is 26.4 Å². The highest BCUT2D eigenvalue weighted by Gasteiger charge is 2.12. The van der Waals surface area contributed by atoms with E-state index < -0.39 is 11.8 Å². The third-order valence-corrected chi connectivity index (χ3v) is 3.16. The molecule has 5 nitrogen and oxygen atoms in total. The third kappa shape index (κ3) is 4.29. The standard InChI is InChI=1S/C17H16FNO4/c1-22-13-5-3-4-11(8-13)9-16(20)19-15-7-6-12(10-14(15)18)17(21)23-2/h3-8,10H,9H2,1-2H3,(H,19,20). The Bertz CT molecular complexity index is 730. The molecule has 0 saturated heterocycles. The van der Waals surface area contributed by atoms with Crippen LogP contribution >= 0.6 is 0 Å². The maximum atomic E-state index is 13.9. The van der Waals surface area contributed by atoms with Crippen LogP contribution in [0.2, 0.25) is 0 Å². The maximum Gasteiger partial charge on any atom is 0.337 e. The van der Waals surface area contributed by atoms with Crippen LogP contribution in [0, 0.1) is 5.82 Å². The molecular weight excluding hydrogens is 301 g/mol. The van der Waals surface area contributed by atoms with Crippen LogP contribution in [-0.2, 0) is 16.0 Å². The molecule has 1 N–H and O–H groups in total. The summed E-state index contributed by atoms with van der Waals surface area (Å²) < 4.78 is 23.5. The average molecular weight is 317 g/mol. The van der Waals surface area contributed by atoms with Gasteiger partial charge in [0.25, 0.3) is 0 Å². The Morgan fingerprint density at radius 2 is 1.91 bits per heavy atom. The summed E-state index contributed by atoms with van der Waals surface area (Å²) in [4.78, 5) is 23.3. The molecular formula is C17H16FNO4. The van der Waals surface area contributed by atoms with Crippen LogP contribution in [0.15, 0.2) is 42.5 Å². The summed E-state index contributed by atoms with van der Waals surface area (Å²) in [5.41, 5.74) is 0.829. The predicted octanol–water partition coefficient (Wildman–Crippen LogP) is 2.80. The molecule has 0 aliphatic rings. The van der Waals surface area contributed by atoms with Gasteiger partial charge in [-0.3, -0.25) is 4.79 Å². The monoisotopic (exact) mass is 317 g/mol. The highest BCUT2D eigenvalue weighted by atomic mass is 19.1. The highest BCUT2D eigenvalue weighted by molar-refractivity contribution is 5.94. The Kier molecular flexibility index (Phi) is 5.30. The molecule has 2 rings (SSSR count). The van der Waals surface area contributed by atoms with E-state index in [0.29, 0.717) is 5.75 Å². The Hall–Kier alpha value is -2.89. The second-order valence-electron chi connectivity index (χ2n) is 4.76. The van der Waals surface area contributed by atoms with Gasteiger partial charge < -0.3 is 14.8 Å². The minimum absolute atomic E-state index is 0.00514. The van der Waals surface area contributed by atoms with Crippen molar-refractivity contribution < 1.29 is 23.5 Å². The number of halogens is 1. The van der Waals surface area contributed by atoms with Crippen molar-refractivity contribution in [3.63, 3.8) is 0 Å². The Labute approximate surface area is 133 Å². The van der Waals surface area contributed by atoms with Crippen LogP contribution in [0.3, 0.4) is 0 Å². The van der Waals surface area contributed by atoms with E-state index in [4.69, 9.17) is 4.74 Å². The summed E-state index contributed by atoms with van der Waals surface area (Å²) in [5.74, 6) is -1.07. The molecule has 2 aromatic carbocycles. The van der Waals surface area contributed by atoms with Crippen molar-refractivity contribution in [2.24, 2.45) is 0 Å². The first-order chi connectivity index (χ1) is 11.0. The quantitative estimate of drug-likeness (QED) is 0.861. The molecule has 0 heterocycles. The highest BCUT2D eigenvalue weighted by Crippen LogP contribution is 2.18. The predicted molar refractivity (Wildman–Crippen MR) is 83.1 cm³/mol. The fourth-order valence-corrected chi connectivity index (χ4v) is 2.02. The van der Waals surface area contributed by atoms with E-state index in [1.807, 2.05) is 0 Å². The van der Waals surface area contributed by atoms with E-state index in [0.717, 1.165) is 11.6 Å². The number of esters is 1. The van der Waals surface area contributed by atoms with Crippen LogP contribution in [0.25, 0.3) is 0 Å². The van der Waals surface area contributed by atoms with Gasteiger partial charge in [0.15, 0.2) is 0 Å². The molecule has 23 heavy (non-hydrogen) atoms. The number of methoxy groups -OCH3 is 2. The first-order valence-electron chi connectivity index (χ1n) is 6.84. The molecule has 0 aliphatic carbocycles. The topological polar surface area (TPSA) is 64.6 Å². The molecule has 0 saturated carbocycles. The Morgan fingerprint density at radius 3 is 2.57 bits per heavy atom. The molecule has 0 aromatic heterocycles. The Balaban J connectivity index is 2.06. The van der Waals surface area contributed by atoms with Gasteiger partial charge in [0.1, 0.15) is 11.6 Å².